The molecule has 1 saturated carbocycles. The lowest BCUT2D eigenvalue weighted by Gasteiger charge is -2.43. The summed E-state index contributed by atoms with van der Waals surface area (Å²) in [6, 6.07) is 11.2. The molecule has 2 amide bonds. The van der Waals surface area contributed by atoms with Crippen LogP contribution in [-0.4, -0.2) is 12.3 Å². The monoisotopic (exact) mass is 354 g/mol. The number of benzene rings is 2. The summed E-state index contributed by atoms with van der Waals surface area (Å²) < 4.78 is 0. The Morgan fingerprint density at radius 3 is 2.40 bits per heavy atom. The average molecular weight is 355 g/mol. The Balaban J connectivity index is 1.84. The molecule has 5 heteroatoms. The van der Waals surface area contributed by atoms with E-state index in [0.29, 0.717) is 10.6 Å². The fourth-order valence-electron chi connectivity index (χ4n) is 4.01. The van der Waals surface area contributed by atoms with Crippen LogP contribution in [0.15, 0.2) is 36.4 Å². The van der Waals surface area contributed by atoms with Crippen LogP contribution in [0.25, 0.3) is 11.1 Å². The van der Waals surface area contributed by atoms with E-state index in [4.69, 9.17) is 11.6 Å². The summed E-state index contributed by atoms with van der Waals surface area (Å²) in [5.74, 6) is 0. The highest BCUT2D eigenvalue weighted by Gasteiger charge is 2.41. The van der Waals surface area contributed by atoms with Crippen molar-refractivity contribution in [2.24, 2.45) is 0 Å². The van der Waals surface area contributed by atoms with Gasteiger partial charge in [-0.3, -0.25) is 4.79 Å². The zero-order valence-electron chi connectivity index (χ0n) is 13.8. The molecule has 2 aromatic carbocycles. The maximum absolute atomic E-state index is 12.2. The molecule has 0 bridgehead atoms. The van der Waals surface area contributed by atoms with Crippen LogP contribution in [0.4, 0.5) is 10.5 Å². The van der Waals surface area contributed by atoms with Gasteiger partial charge in [-0.25, -0.2) is 4.79 Å². The summed E-state index contributed by atoms with van der Waals surface area (Å²) >= 11 is 6.52. The van der Waals surface area contributed by atoms with Crippen LogP contribution in [0.1, 0.15) is 48.0 Å². The maximum Gasteiger partial charge on any atom is 0.319 e. The molecule has 0 radical (unpaired) electrons. The number of fused-ring (bicyclic) bond motifs is 2. The van der Waals surface area contributed by atoms with Gasteiger partial charge in [0.15, 0.2) is 0 Å². The number of anilines is 1. The Labute approximate surface area is 151 Å². The van der Waals surface area contributed by atoms with Gasteiger partial charge in [0.1, 0.15) is 6.29 Å². The fourth-order valence-corrected chi connectivity index (χ4v) is 4.28. The summed E-state index contributed by atoms with van der Waals surface area (Å²) in [4.78, 5) is 23.0. The van der Waals surface area contributed by atoms with Crippen molar-refractivity contribution in [1.29, 1.82) is 0 Å². The lowest BCUT2D eigenvalue weighted by atomic mass is 9.74. The molecule has 1 fully saturated rings. The van der Waals surface area contributed by atoms with Gasteiger partial charge in [-0.2, -0.15) is 0 Å². The van der Waals surface area contributed by atoms with Crippen LogP contribution >= 0.6 is 11.6 Å². The number of amides is 2. The number of rotatable bonds is 2. The normalized spacial score (nSPS) is 18.2. The molecule has 1 aliphatic heterocycles. The van der Waals surface area contributed by atoms with Crippen LogP contribution < -0.4 is 10.6 Å². The number of hydrogen-bond acceptors (Lipinski definition) is 2. The highest BCUT2D eigenvalue weighted by Crippen LogP contribution is 2.46. The quantitative estimate of drug-likeness (QED) is 0.736. The summed E-state index contributed by atoms with van der Waals surface area (Å²) in [7, 11) is 0. The van der Waals surface area contributed by atoms with Crippen LogP contribution in [0.5, 0.6) is 0 Å². The topological polar surface area (TPSA) is 58.2 Å². The van der Waals surface area contributed by atoms with E-state index in [2.05, 4.69) is 16.7 Å². The third-order valence-electron chi connectivity index (χ3n) is 5.28. The van der Waals surface area contributed by atoms with E-state index in [1.165, 1.54) is 6.42 Å². The number of hydrogen-bond donors (Lipinski definition) is 2. The summed E-state index contributed by atoms with van der Waals surface area (Å²) in [6.07, 6.45) is 6.07. The zero-order valence-corrected chi connectivity index (χ0v) is 14.5. The molecule has 0 saturated heterocycles. The van der Waals surface area contributed by atoms with E-state index in [0.717, 1.165) is 54.3 Å². The smallest absolute Gasteiger partial charge is 0.319 e. The predicted molar refractivity (Wildman–Crippen MR) is 99.2 cm³/mol. The molecule has 0 aromatic heterocycles. The first-order chi connectivity index (χ1) is 12.1. The Bertz CT molecular complexity index is 840. The van der Waals surface area contributed by atoms with Crippen molar-refractivity contribution >= 4 is 29.6 Å². The highest BCUT2D eigenvalue weighted by atomic mass is 35.5. The number of urea groups is 1. The number of carbonyl (C=O) groups excluding carboxylic acids is 2. The van der Waals surface area contributed by atoms with Gasteiger partial charge in [-0.05, 0) is 36.1 Å². The molecule has 4 nitrogen and oxygen atoms in total. The molecule has 2 N–H and O–H groups in total. The second-order valence-corrected chi connectivity index (χ2v) is 7.25. The van der Waals surface area contributed by atoms with Crippen LogP contribution in [-0.2, 0) is 5.54 Å². The second-order valence-electron chi connectivity index (χ2n) is 6.84. The third-order valence-corrected chi connectivity index (χ3v) is 5.58. The standard InChI is InChI=1S/C20H19ClN2O2/c21-17-11-15(14-6-4-13(12-24)5-7-14)10-16-18(17)22-19(25)23-20(16)8-2-1-3-9-20/h4-7,10-12H,1-3,8-9H2,(H2,22,23,25). The Kier molecular flexibility index (Phi) is 4.00. The molecule has 25 heavy (non-hydrogen) atoms. The number of nitrogens with one attached hydrogen (secondary N) is 2. The molecular weight excluding hydrogens is 336 g/mol. The number of aldehydes is 1. The molecule has 1 spiro atoms. The van der Waals surface area contributed by atoms with E-state index >= 15 is 0 Å². The molecule has 0 unspecified atom stereocenters. The van der Waals surface area contributed by atoms with Gasteiger partial charge >= 0.3 is 6.03 Å². The Morgan fingerprint density at radius 2 is 1.72 bits per heavy atom. The van der Waals surface area contributed by atoms with E-state index < -0.39 is 0 Å². The first-order valence-electron chi connectivity index (χ1n) is 8.60. The van der Waals surface area contributed by atoms with Gasteiger partial charge in [0.05, 0.1) is 16.2 Å². The lowest BCUT2D eigenvalue weighted by molar-refractivity contribution is 0.112. The lowest BCUT2D eigenvalue weighted by Crippen LogP contribution is -2.52. The Morgan fingerprint density at radius 1 is 1.00 bits per heavy atom. The van der Waals surface area contributed by atoms with Crippen molar-refractivity contribution in [3.8, 4) is 11.1 Å². The largest absolute Gasteiger partial charge is 0.328 e. The van der Waals surface area contributed by atoms with Crippen molar-refractivity contribution < 1.29 is 9.59 Å². The molecule has 1 heterocycles. The number of halogens is 1. The van der Waals surface area contributed by atoms with Gasteiger partial charge in [0, 0.05) is 11.1 Å². The van der Waals surface area contributed by atoms with Gasteiger partial charge in [0.25, 0.3) is 0 Å². The molecule has 2 aromatic rings. The Hall–Kier alpha value is -2.33. The van der Waals surface area contributed by atoms with Gasteiger partial charge < -0.3 is 10.6 Å². The SMILES string of the molecule is O=Cc1ccc(-c2cc(Cl)c3c(c2)C2(CCCCC2)NC(=O)N3)cc1. The first-order valence-corrected chi connectivity index (χ1v) is 8.98. The maximum atomic E-state index is 12.2. The molecule has 2 aliphatic rings. The van der Waals surface area contributed by atoms with Crippen molar-refractivity contribution in [3.05, 3.63) is 52.5 Å². The molecule has 0 atom stereocenters. The van der Waals surface area contributed by atoms with Crippen molar-refractivity contribution in [1.82, 2.24) is 5.32 Å². The zero-order chi connectivity index (χ0) is 17.4. The van der Waals surface area contributed by atoms with Gasteiger partial charge in [0.2, 0.25) is 0 Å². The van der Waals surface area contributed by atoms with Gasteiger partial charge in [-0.1, -0.05) is 55.1 Å². The van der Waals surface area contributed by atoms with Crippen LogP contribution in [0, 0.1) is 0 Å². The minimum atomic E-state index is -0.335. The van der Waals surface area contributed by atoms with E-state index in [-0.39, 0.29) is 11.6 Å². The van der Waals surface area contributed by atoms with Crippen molar-refractivity contribution in [2.75, 3.05) is 5.32 Å². The first kappa shape index (κ1) is 16.2. The van der Waals surface area contributed by atoms with Gasteiger partial charge in [-0.15, -0.1) is 0 Å². The van der Waals surface area contributed by atoms with Crippen molar-refractivity contribution in [2.45, 2.75) is 37.6 Å². The molecule has 4 rings (SSSR count). The summed E-state index contributed by atoms with van der Waals surface area (Å²) in [5.41, 5.74) is 4.08. The van der Waals surface area contributed by atoms with Crippen LogP contribution in [0.2, 0.25) is 5.02 Å². The van der Waals surface area contributed by atoms with Crippen molar-refractivity contribution in [3.63, 3.8) is 0 Å². The molecular formula is C20H19ClN2O2. The second kappa shape index (κ2) is 6.19. The van der Waals surface area contributed by atoms with E-state index in [1.54, 1.807) is 12.1 Å². The number of carbonyl (C=O) groups is 2. The van der Waals surface area contributed by atoms with E-state index in [9.17, 15) is 9.59 Å². The highest BCUT2D eigenvalue weighted by molar-refractivity contribution is 6.34. The molecule has 1 aliphatic carbocycles. The predicted octanol–water partition coefficient (Wildman–Crippen LogP) is 5.11. The summed E-state index contributed by atoms with van der Waals surface area (Å²) in [6.45, 7) is 0. The fraction of sp³-hybridized carbons (Fsp3) is 0.300. The third kappa shape index (κ3) is 2.81. The average Bonchev–Trinajstić information content (AvgIpc) is 2.63. The van der Waals surface area contributed by atoms with Crippen LogP contribution in [0.3, 0.4) is 0 Å². The molecule has 128 valence electrons. The summed E-state index contributed by atoms with van der Waals surface area (Å²) in [5, 5.41) is 6.57. The van der Waals surface area contributed by atoms with E-state index in [1.807, 2.05) is 18.2 Å². The minimum absolute atomic E-state index is 0.181. The minimum Gasteiger partial charge on any atom is -0.328 e.